The van der Waals surface area contributed by atoms with Crippen LogP contribution >= 0.6 is 12.4 Å². The highest BCUT2D eigenvalue weighted by Crippen LogP contribution is 2.36. The second-order valence-electron chi connectivity index (χ2n) is 8.29. The first-order valence-electron chi connectivity index (χ1n) is 10.8. The minimum atomic E-state index is -0.378. The lowest BCUT2D eigenvalue weighted by molar-refractivity contribution is -0.142. The lowest BCUT2D eigenvalue weighted by atomic mass is 9.80. The van der Waals surface area contributed by atoms with Crippen molar-refractivity contribution >= 4 is 24.2 Å². The number of carbonyl (C=O) groups excluding carboxylic acids is 2. The molecule has 1 aliphatic carbocycles. The molecule has 1 aromatic rings. The number of ether oxygens (including phenoxy) is 2. The van der Waals surface area contributed by atoms with E-state index in [9.17, 15) is 9.59 Å². The van der Waals surface area contributed by atoms with Crippen molar-refractivity contribution in [3.63, 3.8) is 0 Å². The molecule has 1 saturated carbocycles. The zero-order valence-electron chi connectivity index (χ0n) is 18.1. The van der Waals surface area contributed by atoms with Crippen LogP contribution in [0.15, 0.2) is 24.3 Å². The molecule has 0 aromatic heterocycles. The molecule has 1 saturated heterocycles. The summed E-state index contributed by atoms with van der Waals surface area (Å²) in [5, 5.41) is 3.43. The summed E-state index contributed by atoms with van der Waals surface area (Å²) in [6.07, 6.45) is 6.85. The molecule has 6 nitrogen and oxygen atoms in total. The van der Waals surface area contributed by atoms with E-state index in [4.69, 9.17) is 4.74 Å². The molecule has 168 valence electrons. The Morgan fingerprint density at radius 1 is 1.00 bits per heavy atom. The Labute approximate surface area is 186 Å². The van der Waals surface area contributed by atoms with Gasteiger partial charge in [-0.3, -0.25) is 9.69 Å². The van der Waals surface area contributed by atoms with Crippen molar-refractivity contribution in [2.45, 2.75) is 63.5 Å². The van der Waals surface area contributed by atoms with Crippen molar-refractivity contribution in [3.8, 4) is 5.75 Å². The molecule has 30 heavy (non-hydrogen) atoms. The van der Waals surface area contributed by atoms with E-state index in [1.165, 1.54) is 12.7 Å². The van der Waals surface area contributed by atoms with Gasteiger partial charge in [-0.2, -0.15) is 0 Å². The molecule has 0 amide bonds. The van der Waals surface area contributed by atoms with E-state index in [1.807, 2.05) is 12.1 Å². The molecule has 0 radical (unpaired) electrons. The number of nitrogens with one attached hydrogen (secondary N) is 1. The topological polar surface area (TPSA) is 67.9 Å². The Hall–Kier alpha value is -1.63. The standard InChI is InChI=1S/C23H34N2O4.ClH/c1-17(26)15-25(21-11-13-24-14-12-21)20-7-3-18(4-8-20)19-5-9-22(10-6-19)29-16-23(27)28-2;/h5-6,9-10,18,20-21,24H,3-4,7-8,11-16H2,1-2H3;1H. The number of hydrogen-bond acceptors (Lipinski definition) is 6. The monoisotopic (exact) mass is 438 g/mol. The average molecular weight is 439 g/mol. The van der Waals surface area contributed by atoms with Crippen LogP contribution in [0.5, 0.6) is 5.75 Å². The Morgan fingerprint density at radius 2 is 1.60 bits per heavy atom. The van der Waals surface area contributed by atoms with Crippen molar-refractivity contribution in [1.29, 1.82) is 0 Å². The summed E-state index contributed by atoms with van der Waals surface area (Å²) in [6.45, 7) is 4.34. The second kappa shape index (κ2) is 12.3. The van der Waals surface area contributed by atoms with Crippen LogP contribution in [0.2, 0.25) is 0 Å². The molecule has 1 heterocycles. The molecular weight excluding hydrogens is 404 g/mol. The number of benzene rings is 1. The van der Waals surface area contributed by atoms with E-state index in [0.29, 0.717) is 30.3 Å². The van der Waals surface area contributed by atoms with Crippen molar-refractivity contribution in [2.24, 2.45) is 0 Å². The highest BCUT2D eigenvalue weighted by Gasteiger charge is 2.32. The van der Waals surface area contributed by atoms with Gasteiger partial charge in [-0.05, 0) is 82.2 Å². The normalized spacial score (nSPS) is 22.2. The number of nitrogens with zero attached hydrogens (tertiary/aromatic N) is 1. The van der Waals surface area contributed by atoms with E-state index >= 15 is 0 Å². The lowest BCUT2D eigenvalue weighted by Crippen LogP contribution is -2.50. The van der Waals surface area contributed by atoms with Gasteiger partial charge in [0.2, 0.25) is 0 Å². The number of rotatable bonds is 8. The first-order chi connectivity index (χ1) is 14.1. The van der Waals surface area contributed by atoms with Crippen LogP contribution in [0.25, 0.3) is 0 Å². The van der Waals surface area contributed by atoms with Crippen molar-refractivity contribution in [1.82, 2.24) is 10.2 Å². The van der Waals surface area contributed by atoms with E-state index in [0.717, 1.165) is 51.6 Å². The third kappa shape index (κ3) is 6.96. The van der Waals surface area contributed by atoms with Crippen LogP contribution < -0.4 is 10.1 Å². The number of esters is 1. The largest absolute Gasteiger partial charge is 0.482 e. The molecule has 1 N–H and O–H groups in total. The predicted octanol–water partition coefficient (Wildman–Crippen LogP) is 3.33. The van der Waals surface area contributed by atoms with Crippen LogP contribution in [-0.4, -0.2) is 62.1 Å². The summed E-state index contributed by atoms with van der Waals surface area (Å²) < 4.78 is 10.0. The Morgan fingerprint density at radius 3 is 2.17 bits per heavy atom. The summed E-state index contributed by atoms with van der Waals surface area (Å²) in [5.74, 6) is 1.13. The Kier molecular flexibility index (Phi) is 10.1. The fourth-order valence-electron chi connectivity index (χ4n) is 4.73. The van der Waals surface area contributed by atoms with Crippen LogP contribution in [0, 0.1) is 0 Å². The van der Waals surface area contributed by atoms with Gasteiger partial charge in [-0.1, -0.05) is 12.1 Å². The summed E-state index contributed by atoms with van der Waals surface area (Å²) in [4.78, 5) is 25.6. The van der Waals surface area contributed by atoms with Gasteiger partial charge in [-0.25, -0.2) is 4.79 Å². The van der Waals surface area contributed by atoms with Crippen LogP contribution in [0.4, 0.5) is 0 Å². The van der Waals surface area contributed by atoms with Gasteiger partial charge in [0.25, 0.3) is 0 Å². The maximum absolute atomic E-state index is 11.9. The number of methoxy groups -OCH3 is 1. The van der Waals surface area contributed by atoms with Gasteiger partial charge in [0, 0.05) is 12.1 Å². The van der Waals surface area contributed by atoms with Gasteiger partial charge >= 0.3 is 5.97 Å². The summed E-state index contributed by atoms with van der Waals surface area (Å²) >= 11 is 0. The number of piperidine rings is 1. The number of hydrogen-bond donors (Lipinski definition) is 1. The zero-order valence-corrected chi connectivity index (χ0v) is 18.9. The molecule has 3 rings (SSSR count). The maximum Gasteiger partial charge on any atom is 0.343 e. The molecule has 2 aliphatic rings. The number of halogens is 1. The summed E-state index contributed by atoms with van der Waals surface area (Å²) in [6, 6.07) is 9.13. The molecule has 7 heteroatoms. The van der Waals surface area contributed by atoms with Crippen molar-refractivity contribution in [2.75, 3.05) is 33.4 Å². The highest BCUT2D eigenvalue weighted by atomic mass is 35.5. The predicted molar refractivity (Wildman–Crippen MR) is 119 cm³/mol. The van der Waals surface area contributed by atoms with Crippen molar-refractivity contribution in [3.05, 3.63) is 29.8 Å². The number of ketones is 1. The SMILES string of the molecule is COC(=O)COc1ccc(C2CCC(N(CC(C)=O)C3CCNCC3)CC2)cc1.Cl. The molecule has 0 spiro atoms. The van der Waals surface area contributed by atoms with E-state index < -0.39 is 0 Å². The lowest BCUT2D eigenvalue weighted by Gasteiger charge is -2.42. The Bertz CT molecular complexity index is 668. The number of carbonyl (C=O) groups is 2. The quantitative estimate of drug-likeness (QED) is 0.628. The van der Waals surface area contributed by atoms with Gasteiger partial charge < -0.3 is 14.8 Å². The molecule has 1 aliphatic heterocycles. The van der Waals surface area contributed by atoms with Gasteiger partial charge in [-0.15, -0.1) is 12.4 Å². The van der Waals surface area contributed by atoms with Crippen LogP contribution in [0.1, 0.15) is 56.9 Å². The molecule has 2 fully saturated rings. The smallest absolute Gasteiger partial charge is 0.343 e. The van der Waals surface area contributed by atoms with Gasteiger partial charge in [0.05, 0.1) is 13.7 Å². The molecule has 0 unspecified atom stereocenters. The van der Waals surface area contributed by atoms with Gasteiger partial charge in [0.15, 0.2) is 6.61 Å². The molecule has 0 bridgehead atoms. The zero-order chi connectivity index (χ0) is 20.6. The molecule has 0 atom stereocenters. The third-order valence-electron chi connectivity index (χ3n) is 6.28. The molecule has 1 aromatic carbocycles. The van der Waals surface area contributed by atoms with E-state index in [-0.39, 0.29) is 30.8 Å². The molecular formula is C23H35ClN2O4. The fourth-order valence-corrected chi connectivity index (χ4v) is 4.73. The van der Waals surface area contributed by atoms with Gasteiger partial charge in [0.1, 0.15) is 11.5 Å². The first-order valence-corrected chi connectivity index (χ1v) is 10.8. The minimum absolute atomic E-state index is 0. The van der Waals surface area contributed by atoms with Crippen LogP contribution in [-0.2, 0) is 14.3 Å². The number of Topliss-reactive ketones (excluding diaryl/α,β-unsaturated/α-hetero) is 1. The Balaban J connectivity index is 0.00000320. The highest BCUT2D eigenvalue weighted by molar-refractivity contribution is 5.85. The van der Waals surface area contributed by atoms with E-state index in [1.54, 1.807) is 6.92 Å². The average Bonchev–Trinajstić information content (AvgIpc) is 2.77. The first kappa shape index (κ1) is 24.6. The van der Waals surface area contributed by atoms with Crippen LogP contribution in [0.3, 0.4) is 0 Å². The van der Waals surface area contributed by atoms with E-state index in [2.05, 4.69) is 27.1 Å². The summed E-state index contributed by atoms with van der Waals surface area (Å²) in [5.41, 5.74) is 1.33. The third-order valence-corrected chi connectivity index (χ3v) is 6.28. The fraction of sp³-hybridized carbons (Fsp3) is 0.652. The minimum Gasteiger partial charge on any atom is -0.482 e. The van der Waals surface area contributed by atoms with Crippen molar-refractivity contribution < 1.29 is 19.1 Å². The summed E-state index contributed by atoms with van der Waals surface area (Å²) in [7, 11) is 1.35. The second-order valence-corrected chi connectivity index (χ2v) is 8.29. The maximum atomic E-state index is 11.9.